The molecule has 1 heterocycles. The Morgan fingerprint density at radius 3 is 2.46 bits per heavy atom. The van der Waals surface area contributed by atoms with Gasteiger partial charge in [-0.1, -0.05) is 31.1 Å². The Balaban J connectivity index is 1.70. The van der Waals surface area contributed by atoms with Gasteiger partial charge in [0.05, 0.1) is 25.5 Å². The Labute approximate surface area is 157 Å². The molecule has 0 amide bonds. The molecule has 3 aromatic rings. The number of hydrogen-bond acceptors (Lipinski definition) is 6. The average Bonchev–Trinajstić information content (AvgIpc) is 3.15. The molecule has 26 heavy (non-hydrogen) atoms. The zero-order valence-electron chi connectivity index (χ0n) is 15.4. The fraction of sp³-hybridized carbons (Fsp3) is 0.300. The van der Waals surface area contributed by atoms with Crippen molar-refractivity contribution in [3.8, 4) is 22.9 Å². The predicted molar refractivity (Wildman–Crippen MR) is 103 cm³/mol. The first-order chi connectivity index (χ1) is 12.6. The highest BCUT2D eigenvalue weighted by atomic mass is 32.2. The lowest BCUT2D eigenvalue weighted by atomic mass is 10.0. The lowest BCUT2D eigenvalue weighted by Crippen LogP contribution is -1.91. The molecule has 0 saturated carbocycles. The topological polar surface area (TPSA) is 57.4 Å². The average molecular weight is 370 g/mol. The van der Waals surface area contributed by atoms with Crippen LogP contribution in [0.2, 0.25) is 0 Å². The fourth-order valence-electron chi connectivity index (χ4n) is 2.50. The Bertz CT molecular complexity index is 860. The van der Waals surface area contributed by atoms with Crippen LogP contribution < -0.4 is 9.47 Å². The Morgan fingerprint density at radius 2 is 1.81 bits per heavy atom. The summed E-state index contributed by atoms with van der Waals surface area (Å²) < 4.78 is 16.0. The molecular weight excluding hydrogens is 348 g/mol. The van der Waals surface area contributed by atoms with E-state index in [1.165, 1.54) is 10.5 Å². The number of nitrogens with zero attached hydrogens (tertiary/aromatic N) is 2. The van der Waals surface area contributed by atoms with Crippen LogP contribution in [0.4, 0.5) is 0 Å². The van der Waals surface area contributed by atoms with E-state index in [4.69, 9.17) is 14.0 Å². The van der Waals surface area contributed by atoms with Crippen LogP contribution in [0.25, 0.3) is 11.4 Å². The number of benzene rings is 2. The quantitative estimate of drug-likeness (QED) is 0.535. The van der Waals surface area contributed by atoms with E-state index in [1.807, 2.05) is 12.1 Å². The van der Waals surface area contributed by atoms with Crippen molar-refractivity contribution in [2.75, 3.05) is 14.2 Å². The molecule has 6 heteroatoms. The molecule has 5 nitrogen and oxygen atoms in total. The first-order valence-electron chi connectivity index (χ1n) is 8.38. The van der Waals surface area contributed by atoms with Crippen LogP contribution in [0.3, 0.4) is 0 Å². The smallest absolute Gasteiger partial charge is 0.237 e. The summed E-state index contributed by atoms with van der Waals surface area (Å²) in [5.41, 5.74) is 2.11. The number of thioether (sulfide) groups is 1. The zero-order valence-corrected chi connectivity index (χ0v) is 16.2. The van der Waals surface area contributed by atoms with Gasteiger partial charge < -0.3 is 14.0 Å². The summed E-state index contributed by atoms with van der Waals surface area (Å²) in [5, 5.41) is 4.08. The number of aromatic nitrogens is 2. The van der Waals surface area contributed by atoms with Gasteiger partial charge in [0.2, 0.25) is 11.7 Å². The maximum Gasteiger partial charge on any atom is 0.237 e. The molecule has 0 N–H and O–H groups in total. The van der Waals surface area contributed by atoms with Gasteiger partial charge >= 0.3 is 0 Å². The molecule has 0 saturated heterocycles. The first kappa shape index (κ1) is 18.3. The molecule has 0 spiro atoms. The van der Waals surface area contributed by atoms with Crippen LogP contribution in [0, 0.1) is 0 Å². The van der Waals surface area contributed by atoms with Gasteiger partial charge in [0.25, 0.3) is 0 Å². The summed E-state index contributed by atoms with van der Waals surface area (Å²) in [4.78, 5) is 5.66. The van der Waals surface area contributed by atoms with Crippen molar-refractivity contribution in [2.45, 2.75) is 30.4 Å². The molecule has 0 aliphatic carbocycles. The van der Waals surface area contributed by atoms with Crippen molar-refractivity contribution in [1.82, 2.24) is 10.1 Å². The minimum atomic E-state index is 0.509. The van der Waals surface area contributed by atoms with Crippen molar-refractivity contribution in [1.29, 1.82) is 0 Å². The largest absolute Gasteiger partial charge is 0.497 e. The summed E-state index contributed by atoms with van der Waals surface area (Å²) in [6, 6.07) is 14.1. The van der Waals surface area contributed by atoms with Gasteiger partial charge in [-0.05, 0) is 35.7 Å². The SMILES string of the molecule is COc1ccc(-c2noc(CSc3ccc(C(C)C)cc3)n2)c(OC)c1. The van der Waals surface area contributed by atoms with E-state index >= 15 is 0 Å². The molecule has 3 rings (SSSR count). The van der Waals surface area contributed by atoms with E-state index in [0.29, 0.717) is 29.1 Å². The van der Waals surface area contributed by atoms with E-state index < -0.39 is 0 Å². The lowest BCUT2D eigenvalue weighted by molar-refractivity contribution is 0.388. The molecule has 0 aliphatic heterocycles. The second-order valence-corrected chi connectivity index (χ2v) is 7.14. The molecule has 0 bridgehead atoms. The minimum absolute atomic E-state index is 0.509. The number of methoxy groups -OCH3 is 2. The normalized spacial score (nSPS) is 11.0. The molecule has 2 aromatic carbocycles. The van der Waals surface area contributed by atoms with Crippen LogP contribution in [-0.4, -0.2) is 24.4 Å². The molecule has 1 aromatic heterocycles. The van der Waals surface area contributed by atoms with Crippen LogP contribution in [-0.2, 0) is 5.75 Å². The standard InChI is InChI=1S/C20H22N2O3S/c1-13(2)14-5-8-16(9-6-14)26-12-19-21-20(22-25-19)17-10-7-15(23-3)11-18(17)24-4/h5-11,13H,12H2,1-4H3. The molecule has 136 valence electrons. The fourth-order valence-corrected chi connectivity index (χ4v) is 3.24. The van der Waals surface area contributed by atoms with Gasteiger partial charge in [-0.3, -0.25) is 0 Å². The van der Waals surface area contributed by atoms with Crippen molar-refractivity contribution in [3.05, 3.63) is 53.9 Å². The van der Waals surface area contributed by atoms with E-state index in [0.717, 1.165) is 11.3 Å². The van der Waals surface area contributed by atoms with Crippen molar-refractivity contribution in [3.63, 3.8) is 0 Å². The molecular formula is C20H22N2O3S. The third kappa shape index (κ3) is 4.19. The van der Waals surface area contributed by atoms with Gasteiger partial charge in [-0.2, -0.15) is 4.98 Å². The third-order valence-corrected chi connectivity index (χ3v) is 5.02. The van der Waals surface area contributed by atoms with E-state index in [1.54, 1.807) is 32.0 Å². The Kier molecular flexibility index (Phi) is 5.83. The summed E-state index contributed by atoms with van der Waals surface area (Å²) in [6.07, 6.45) is 0. The maximum atomic E-state index is 5.40. The van der Waals surface area contributed by atoms with Gasteiger partial charge in [-0.15, -0.1) is 11.8 Å². The first-order valence-corrected chi connectivity index (χ1v) is 9.37. The highest BCUT2D eigenvalue weighted by Gasteiger charge is 2.14. The van der Waals surface area contributed by atoms with E-state index in [-0.39, 0.29) is 0 Å². The predicted octanol–water partition coefficient (Wildman–Crippen LogP) is 5.17. The Hall–Kier alpha value is -2.47. The zero-order chi connectivity index (χ0) is 18.5. The van der Waals surface area contributed by atoms with Crippen LogP contribution in [0.1, 0.15) is 31.2 Å². The molecule has 0 unspecified atom stereocenters. The monoisotopic (exact) mass is 370 g/mol. The molecule has 0 aliphatic rings. The van der Waals surface area contributed by atoms with E-state index in [2.05, 4.69) is 48.3 Å². The van der Waals surface area contributed by atoms with Gasteiger partial charge in [0.1, 0.15) is 11.5 Å². The highest BCUT2D eigenvalue weighted by molar-refractivity contribution is 7.98. The van der Waals surface area contributed by atoms with Crippen molar-refractivity contribution >= 4 is 11.8 Å². The second kappa shape index (κ2) is 8.27. The second-order valence-electron chi connectivity index (χ2n) is 6.09. The molecule has 0 fully saturated rings. The third-order valence-electron chi connectivity index (χ3n) is 4.03. The van der Waals surface area contributed by atoms with E-state index in [9.17, 15) is 0 Å². The highest BCUT2D eigenvalue weighted by Crippen LogP contribution is 2.32. The number of hydrogen-bond donors (Lipinski definition) is 0. The minimum Gasteiger partial charge on any atom is -0.497 e. The number of rotatable bonds is 7. The van der Waals surface area contributed by atoms with Gasteiger partial charge in [0.15, 0.2) is 0 Å². The summed E-state index contributed by atoms with van der Waals surface area (Å²) >= 11 is 1.67. The molecule has 0 atom stereocenters. The number of ether oxygens (including phenoxy) is 2. The lowest BCUT2D eigenvalue weighted by Gasteiger charge is -2.07. The summed E-state index contributed by atoms with van der Waals surface area (Å²) in [7, 11) is 3.22. The van der Waals surface area contributed by atoms with Gasteiger partial charge in [-0.25, -0.2) is 0 Å². The van der Waals surface area contributed by atoms with Crippen LogP contribution >= 0.6 is 11.8 Å². The van der Waals surface area contributed by atoms with Gasteiger partial charge in [0, 0.05) is 11.0 Å². The molecule has 0 radical (unpaired) electrons. The van der Waals surface area contributed by atoms with Crippen LogP contribution in [0.15, 0.2) is 51.9 Å². The van der Waals surface area contributed by atoms with Crippen molar-refractivity contribution < 1.29 is 14.0 Å². The Morgan fingerprint density at radius 1 is 1.04 bits per heavy atom. The summed E-state index contributed by atoms with van der Waals surface area (Å²) in [6.45, 7) is 4.38. The maximum absolute atomic E-state index is 5.40. The van der Waals surface area contributed by atoms with Crippen LogP contribution in [0.5, 0.6) is 11.5 Å². The summed E-state index contributed by atoms with van der Waals surface area (Å²) in [5.74, 6) is 3.60. The van der Waals surface area contributed by atoms with Crippen molar-refractivity contribution in [2.24, 2.45) is 0 Å².